The Hall–Kier alpha value is -2.02. The molecule has 0 aliphatic rings. The van der Waals surface area contributed by atoms with Crippen LogP contribution in [0.1, 0.15) is 0 Å². The lowest BCUT2D eigenvalue weighted by Crippen LogP contribution is -2.14. The highest BCUT2D eigenvalue weighted by atomic mass is 32.2. The second-order valence-electron chi connectivity index (χ2n) is 4.32. The molecule has 0 spiro atoms. The molecule has 1 heterocycles. The lowest BCUT2D eigenvalue weighted by atomic mass is 10.3. The predicted molar refractivity (Wildman–Crippen MR) is 101 cm³/mol. The van der Waals surface area contributed by atoms with E-state index in [2.05, 4.69) is 33.5 Å². The molecule has 0 aliphatic carbocycles. The molecule has 124 valence electrons. The number of amides is 1. The largest absolute Gasteiger partial charge is 0.357 e. The van der Waals surface area contributed by atoms with E-state index in [1.165, 1.54) is 34.9 Å². The molecule has 1 aromatic carbocycles. The highest BCUT2D eigenvalue weighted by molar-refractivity contribution is 8.01. The maximum Gasteiger partial charge on any atom is 0.234 e. The summed E-state index contributed by atoms with van der Waals surface area (Å²) < 4.78 is 0.726. The van der Waals surface area contributed by atoms with Gasteiger partial charge in [0.2, 0.25) is 11.0 Å². The van der Waals surface area contributed by atoms with Crippen LogP contribution >= 0.6 is 34.9 Å². The van der Waals surface area contributed by atoms with Crippen LogP contribution in [0.4, 0.5) is 10.8 Å². The molecule has 1 aromatic heterocycles. The van der Waals surface area contributed by atoms with Gasteiger partial charge in [-0.2, -0.15) is 5.26 Å². The molecule has 0 unspecified atom stereocenters. The summed E-state index contributed by atoms with van der Waals surface area (Å²) in [6.07, 6.45) is 1.74. The summed E-state index contributed by atoms with van der Waals surface area (Å²) in [7, 11) is 0. The molecule has 0 bridgehead atoms. The first-order valence-electron chi connectivity index (χ1n) is 6.92. The fourth-order valence-corrected chi connectivity index (χ4v) is 3.85. The lowest BCUT2D eigenvalue weighted by Gasteiger charge is -2.08. The minimum Gasteiger partial charge on any atom is -0.357 e. The summed E-state index contributed by atoms with van der Waals surface area (Å²) in [5.41, 5.74) is 0.717. The van der Waals surface area contributed by atoms with E-state index in [-0.39, 0.29) is 11.7 Å². The van der Waals surface area contributed by atoms with Gasteiger partial charge >= 0.3 is 0 Å². The molecule has 9 heteroatoms. The Morgan fingerprint density at radius 1 is 1.38 bits per heavy atom. The van der Waals surface area contributed by atoms with Gasteiger partial charge in [0.1, 0.15) is 0 Å². The number of para-hydroxylation sites is 1. The monoisotopic (exact) mass is 377 g/mol. The van der Waals surface area contributed by atoms with Gasteiger partial charge in [-0.05, 0) is 12.1 Å². The molecule has 0 saturated carbocycles. The normalized spacial score (nSPS) is 9.96. The maximum absolute atomic E-state index is 12.1. The molecule has 1 amide bonds. The molecule has 2 N–H and O–H groups in total. The average Bonchev–Trinajstić information content (AvgIpc) is 3.05. The average molecular weight is 378 g/mol. The van der Waals surface area contributed by atoms with E-state index in [0.717, 1.165) is 9.24 Å². The van der Waals surface area contributed by atoms with Gasteiger partial charge in [0.25, 0.3) is 0 Å². The van der Waals surface area contributed by atoms with E-state index in [1.54, 1.807) is 6.08 Å². The SMILES string of the molecule is C=CCNc1nnc(SCC(=O)Nc2ccccc2SCC#N)s1. The lowest BCUT2D eigenvalue weighted by molar-refractivity contribution is -0.113. The highest BCUT2D eigenvalue weighted by Gasteiger charge is 2.10. The number of hydrogen-bond donors (Lipinski definition) is 2. The number of nitrogens with one attached hydrogen (secondary N) is 2. The van der Waals surface area contributed by atoms with Crippen LogP contribution in [-0.2, 0) is 4.79 Å². The van der Waals surface area contributed by atoms with Gasteiger partial charge < -0.3 is 10.6 Å². The van der Waals surface area contributed by atoms with Crippen LogP contribution in [0.25, 0.3) is 0 Å². The van der Waals surface area contributed by atoms with E-state index in [9.17, 15) is 4.79 Å². The van der Waals surface area contributed by atoms with Crippen LogP contribution in [0.3, 0.4) is 0 Å². The zero-order chi connectivity index (χ0) is 17.2. The summed E-state index contributed by atoms with van der Waals surface area (Å²) >= 11 is 4.13. The summed E-state index contributed by atoms with van der Waals surface area (Å²) in [6.45, 7) is 4.25. The van der Waals surface area contributed by atoms with Crippen LogP contribution in [0, 0.1) is 11.3 Å². The first-order valence-corrected chi connectivity index (χ1v) is 9.71. The van der Waals surface area contributed by atoms with Crippen LogP contribution in [0.15, 0.2) is 46.2 Å². The molecule has 24 heavy (non-hydrogen) atoms. The van der Waals surface area contributed by atoms with Crippen molar-refractivity contribution in [2.75, 3.05) is 28.7 Å². The minimum absolute atomic E-state index is 0.124. The van der Waals surface area contributed by atoms with E-state index in [4.69, 9.17) is 5.26 Å². The van der Waals surface area contributed by atoms with Crippen LogP contribution in [0.5, 0.6) is 0 Å². The third-order valence-corrected chi connectivity index (χ3v) is 5.54. The van der Waals surface area contributed by atoms with Crippen molar-refractivity contribution >= 4 is 51.6 Å². The standard InChI is InChI=1S/C15H15N5OS3/c1-2-8-17-14-19-20-15(24-14)23-10-13(21)18-11-5-3-4-6-12(11)22-9-7-16/h2-6H,1,8-10H2,(H,17,19)(H,18,21). The number of thioether (sulfide) groups is 2. The zero-order valence-electron chi connectivity index (χ0n) is 12.7. The Bertz CT molecular complexity index is 741. The second kappa shape index (κ2) is 9.97. The van der Waals surface area contributed by atoms with Gasteiger partial charge in [0.05, 0.1) is 23.3 Å². The smallest absolute Gasteiger partial charge is 0.234 e. The van der Waals surface area contributed by atoms with Gasteiger partial charge in [-0.3, -0.25) is 4.79 Å². The maximum atomic E-state index is 12.1. The number of carbonyl (C=O) groups is 1. The predicted octanol–water partition coefficient (Wildman–Crippen LogP) is 3.48. The molecule has 2 rings (SSSR count). The Morgan fingerprint density at radius 3 is 3.00 bits per heavy atom. The van der Waals surface area contributed by atoms with Crippen LogP contribution < -0.4 is 10.6 Å². The summed E-state index contributed by atoms with van der Waals surface area (Å²) in [5.74, 6) is 0.459. The second-order valence-corrected chi connectivity index (χ2v) is 7.54. The Labute approximate surface area is 152 Å². The molecule has 0 radical (unpaired) electrons. The van der Waals surface area contributed by atoms with Crippen molar-refractivity contribution < 1.29 is 4.79 Å². The first-order chi connectivity index (χ1) is 11.7. The van der Waals surface area contributed by atoms with Crippen LogP contribution in [0.2, 0.25) is 0 Å². The fraction of sp³-hybridized carbons (Fsp3) is 0.200. The molecule has 0 atom stereocenters. The number of anilines is 2. The third kappa shape index (κ3) is 5.88. The van der Waals surface area contributed by atoms with E-state index in [0.29, 0.717) is 23.1 Å². The van der Waals surface area contributed by atoms with Gasteiger partial charge in [-0.25, -0.2) is 0 Å². The van der Waals surface area contributed by atoms with Crippen LogP contribution in [-0.4, -0.2) is 34.2 Å². The highest BCUT2D eigenvalue weighted by Crippen LogP contribution is 2.28. The third-order valence-electron chi connectivity index (χ3n) is 2.58. The minimum atomic E-state index is -0.124. The van der Waals surface area contributed by atoms with Crippen molar-refractivity contribution in [2.24, 2.45) is 0 Å². The molecule has 0 fully saturated rings. The molecule has 0 saturated heterocycles. The molecular weight excluding hydrogens is 362 g/mol. The van der Waals surface area contributed by atoms with E-state index >= 15 is 0 Å². The summed E-state index contributed by atoms with van der Waals surface area (Å²) in [5, 5.41) is 23.3. The van der Waals surface area contributed by atoms with Gasteiger partial charge in [0, 0.05) is 11.4 Å². The van der Waals surface area contributed by atoms with Crippen molar-refractivity contribution in [1.29, 1.82) is 5.26 Å². The number of nitrogens with zero attached hydrogens (tertiary/aromatic N) is 3. The van der Waals surface area contributed by atoms with Crippen molar-refractivity contribution in [1.82, 2.24) is 10.2 Å². The van der Waals surface area contributed by atoms with Gasteiger partial charge in [0.15, 0.2) is 4.34 Å². The van der Waals surface area contributed by atoms with Crippen molar-refractivity contribution in [2.45, 2.75) is 9.24 Å². The number of rotatable bonds is 9. The first kappa shape index (κ1) is 18.3. The van der Waals surface area contributed by atoms with E-state index in [1.807, 2.05) is 24.3 Å². The number of hydrogen-bond acceptors (Lipinski definition) is 8. The summed E-state index contributed by atoms with van der Waals surface area (Å²) in [4.78, 5) is 13.0. The number of nitriles is 1. The number of benzene rings is 1. The molecule has 0 aliphatic heterocycles. The molecular formula is C15H15N5OS3. The molecule has 6 nitrogen and oxygen atoms in total. The summed E-state index contributed by atoms with van der Waals surface area (Å²) in [6, 6.07) is 9.51. The zero-order valence-corrected chi connectivity index (χ0v) is 15.1. The molecule has 2 aromatic rings. The number of aromatic nitrogens is 2. The quantitative estimate of drug-likeness (QED) is 0.510. The fourth-order valence-electron chi connectivity index (χ4n) is 1.62. The number of carbonyl (C=O) groups excluding carboxylic acids is 1. The Kier molecular flexibility index (Phi) is 7.61. The van der Waals surface area contributed by atoms with Crippen molar-refractivity contribution in [3.63, 3.8) is 0 Å². The van der Waals surface area contributed by atoms with Gasteiger partial charge in [-0.1, -0.05) is 41.3 Å². The van der Waals surface area contributed by atoms with Crippen molar-refractivity contribution in [3.05, 3.63) is 36.9 Å². The Morgan fingerprint density at radius 2 is 2.21 bits per heavy atom. The Balaban J connectivity index is 1.86. The van der Waals surface area contributed by atoms with Crippen molar-refractivity contribution in [3.8, 4) is 6.07 Å². The van der Waals surface area contributed by atoms with E-state index < -0.39 is 0 Å². The van der Waals surface area contributed by atoms with Gasteiger partial charge in [-0.15, -0.1) is 28.5 Å². The topological polar surface area (TPSA) is 90.7 Å².